The second kappa shape index (κ2) is 10.4. The van der Waals surface area contributed by atoms with Crippen LogP contribution < -0.4 is 9.47 Å². The van der Waals surface area contributed by atoms with Gasteiger partial charge in [0.2, 0.25) is 0 Å². The molecule has 0 amide bonds. The van der Waals surface area contributed by atoms with Gasteiger partial charge in [0, 0.05) is 16.5 Å². The fraction of sp³-hybridized carbons (Fsp3) is 0.0625. The van der Waals surface area contributed by atoms with E-state index < -0.39 is 5.97 Å². The smallest absolute Gasteiger partial charge is 0.348 e. The summed E-state index contributed by atoms with van der Waals surface area (Å²) in [7, 11) is 1.57. The zero-order chi connectivity index (χ0) is 25.8. The number of benzene rings is 4. The normalized spacial score (nSPS) is 11.1. The number of ketones is 1. The molecule has 4 aromatic carbocycles. The monoisotopic (exact) mass is 488 g/mol. The summed E-state index contributed by atoms with van der Waals surface area (Å²) in [6.45, 7) is 2.02. The van der Waals surface area contributed by atoms with E-state index in [0.717, 1.165) is 16.7 Å². The summed E-state index contributed by atoms with van der Waals surface area (Å²) < 4.78 is 17.1. The molecule has 5 heteroatoms. The summed E-state index contributed by atoms with van der Waals surface area (Å²) in [4.78, 5) is 26.0. The van der Waals surface area contributed by atoms with E-state index in [0.29, 0.717) is 39.4 Å². The first kappa shape index (κ1) is 23.8. The van der Waals surface area contributed by atoms with Gasteiger partial charge < -0.3 is 13.9 Å². The lowest BCUT2D eigenvalue weighted by Crippen LogP contribution is -2.09. The van der Waals surface area contributed by atoms with Gasteiger partial charge in [0.05, 0.1) is 7.11 Å². The molecule has 0 spiro atoms. The molecule has 0 N–H and O–H groups in total. The van der Waals surface area contributed by atoms with Gasteiger partial charge in [0.25, 0.3) is 0 Å². The van der Waals surface area contributed by atoms with Crippen LogP contribution >= 0.6 is 0 Å². The molecule has 0 bridgehead atoms. The highest BCUT2D eigenvalue weighted by Gasteiger charge is 2.24. The molecule has 0 aliphatic heterocycles. The Hall–Kier alpha value is -4.90. The Morgan fingerprint density at radius 2 is 1.51 bits per heavy atom. The number of fused-ring (bicyclic) bond motifs is 1. The third kappa shape index (κ3) is 5.21. The summed E-state index contributed by atoms with van der Waals surface area (Å²) in [6.07, 6.45) is 3.31. The van der Waals surface area contributed by atoms with Crippen molar-refractivity contribution in [1.29, 1.82) is 0 Å². The van der Waals surface area contributed by atoms with E-state index in [-0.39, 0.29) is 5.78 Å². The molecule has 0 aliphatic carbocycles. The summed E-state index contributed by atoms with van der Waals surface area (Å²) in [5.41, 5.74) is 4.21. The van der Waals surface area contributed by atoms with Gasteiger partial charge in [-0.3, -0.25) is 4.79 Å². The summed E-state index contributed by atoms with van der Waals surface area (Å²) >= 11 is 0. The number of carbonyl (C=O) groups is 2. The first-order chi connectivity index (χ1) is 18.0. The van der Waals surface area contributed by atoms with Crippen molar-refractivity contribution in [3.05, 3.63) is 125 Å². The van der Waals surface area contributed by atoms with Crippen LogP contribution in [-0.4, -0.2) is 18.9 Å². The maximum absolute atomic E-state index is 13.4. The third-order valence-electron chi connectivity index (χ3n) is 5.99. The number of rotatable bonds is 7. The van der Waals surface area contributed by atoms with Crippen molar-refractivity contribution in [2.45, 2.75) is 6.92 Å². The molecular formula is C32H24O5. The van der Waals surface area contributed by atoms with Crippen LogP contribution in [0, 0.1) is 6.92 Å². The van der Waals surface area contributed by atoms with E-state index in [1.165, 1.54) is 6.08 Å². The highest BCUT2D eigenvalue weighted by atomic mass is 16.5. The lowest BCUT2D eigenvalue weighted by atomic mass is 10.1. The number of allylic oxidation sites excluding steroid dienone is 1. The van der Waals surface area contributed by atoms with Crippen LogP contribution in [0.1, 0.15) is 31.8 Å². The number of hydrogen-bond donors (Lipinski definition) is 0. The molecule has 1 aromatic heterocycles. The predicted octanol–water partition coefficient (Wildman–Crippen LogP) is 7.53. The van der Waals surface area contributed by atoms with Gasteiger partial charge in [-0.15, -0.1) is 0 Å². The molecule has 0 fully saturated rings. The number of hydrogen-bond acceptors (Lipinski definition) is 5. The zero-order valence-corrected chi connectivity index (χ0v) is 20.4. The molecule has 5 aromatic rings. The average Bonchev–Trinajstić information content (AvgIpc) is 3.32. The van der Waals surface area contributed by atoms with Crippen LogP contribution in [0.3, 0.4) is 0 Å². The van der Waals surface area contributed by atoms with Crippen molar-refractivity contribution < 1.29 is 23.5 Å². The molecule has 0 unspecified atom stereocenters. The molecule has 5 nitrogen and oxygen atoms in total. The third-order valence-corrected chi connectivity index (χ3v) is 5.99. The first-order valence-electron chi connectivity index (χ1n) is 11.8. The maximum Gasteiger partial charge on any atom is 0.348 e. The average molecular weight is 489 g/mol. The maximum atomic E-state index is 13.4. The number of methoxy groups -OCH3 is 1. The number of furan rings is 1. The number of ether oxygens (including phenoxy) is 2. The largest absolute Gasteiger partial charge is 0.497 e. The summed E-state index contributed by atoms with van der Waals surface area (Å²) in [5.74, 6) is 0.632. The molecule has 37 heavy (non-hydrogen) atoms. The van der Waals surface area contributed by atoms with Gasteiger partial charge in [-0.05, 0) is 61.0 Å². The Labute approximate surface area is 214 Å². The van der Waals surface area contributed by atoms with Crippen molar-refractivity contribution in [2.75, 3.05) is 7.11 Å². The second-order valence-electron chi connectivity index (χ2n) is 8.56. The van der Waals surface area contributed by atoms with E-state index >= 15 is 0 Å². The SMILES string of the molecule is COc1ccc2oc(-c3ccccc3)c(C(=O)Oc3ccc(C(=O)C=Cc4ccc(C)cc4)cc3)c2c1. The van der Waals surface area contributed by atoms with E-state index in [1.54, 1.807) is 55.7 Å². The molecule has 0 aliphatic rings. The fourth-order valence-electron chi connectivity index (χ4n) is 3.99. The quantitative estimate of drug-likeness (QED) is 0.103. The summed E-state index contributed by atoms with van der Waals surface area (Å²) in [6, 6.07) is 29.1. The Bertz CT molecular complexity index is 1590. The fourth-order valence-corrected chi connectivity index (χ4v) is 3.99. The van der Waals surface area contributed by atoms with Crippen molar-refractivity contribution >= 4 is 28.8 Å². The highest BCUT2D eigenvalue weighted by molar-refractivity contribution is 6.10. The molecule has 5 rings (SSSR count). The standard InChI is InChI=1S/C32H24O5/c1-21-8-10-22(11-9-21)12-18-28(33)23-13-15-25(16-14-23)36-32(34)30-27-20-26(35-2)17-19-29(27)37-31(30)24-6-4-3-5-7-24/h3-20H,1-2H3. The second-order valence-corrected chi connectivity index (χ2v) is 8.56. The lowest BCUT2D eigenvalue weighted by Gasteiger charge is -2.06. The lowest BCUT2D eigenvalue weighted by molar-refractivity contribution is 0.0737. The molecule has 0 saturated carbocycles. The predicted molar refractivity (Wildman–Crippen MR) is 144 cm³/mol. The van der Waals surface area contributed by atoms with Crippen molar-refractivity contribution in [3.8, 4) is 22.8 Å². The first-order valence-corrected chi connectivity index (χ1v) is 11.8. The van der Waals surface area contributed by atoms with E-state index in [1.807, 2.05) is 61.5 Å². The highest BCUT2D eigenvalue weighted by Crippen LogP contribution is 2.36. The van der Waals surface area contributed by atoms with Gasteiger partial charge in [-0.25, -0.2) is 4.79 Å². The topological polar surface area (TPSA) is 65.7 Å². The number of esters is 1. The van der Waals surface area contributed by atoms with Gasteiger partial charge in [0.15, 0.2) is 5.78 Å². The van der Waals surface area contributed by atoms with E-state index in [4.69, 9.17) is 13.9 Å². The van der Waals surface area contributed by atoms with Crippen LogP contribution in [0.4, 0.5) is 0 Å². The molecular weight excluding hydrogens is 464 g/mol. The summed E-state index contributed by atoms with van der Waals surface area (Å²) in [5, 5.41) is 0.594. The van der Waals surface area contributed by atoms with Gasteiger partial charge in [-0.1, -0.05) is 66.2 Å². The van der Waals surface area contributed by atoms with Gasteiger partial charge >= 0.3 is 5.97 Å². The molecule has 0 saturated heterocycles. The van der Waals surface area contributed by atoms with E-state index in [2.05, 4.69) is 0 Å². The van der Waals surface area contributed by atoms with Crippen molar-refractivity contribution in [2.24, 2.45) is 0 Å². The van der Waals surface area contributed by atoms with Gasteiger partial charge in [-0.2, -0.15) is 0 Å². The van der Waals surface area contributed by atoms with Gasteiger partial charge in [0.1, 0.15) is 28.4 Å². The van der Waals surface area contributed by atoms with Crippen LogP contribution in [-0.2, 0) is 0 Å². The van der Waals surface area contributed by atoms with Crippen LogP contribution in [0.5, 0.6) is 11.5 Å². The van der Waals surface area contributed by atoms with Crippen LogP contribution in [0.25, 0.3) is 28.4 Å². The molecule has 0 radical (unpaired) electrons. The minimum atomic E-state index is -0.566. The minimum absolute atomic E-state index is 0.141. The van der Waals surface area contributed by atoms with Crippen LogP contribution in [0.2, 0.25) is 0 Å². The molecule has 182 valence electrons. The van der Waals surface area contributed by atoms with E-state index in [9.17, 15) is 9.59 Å². The van der Waals surface area contributed by atoms with Crippen molar-refractivity contribution in [3.63, 3.8) is 0 Å². The zero-order valence-electron chi connectivity index (χ0n) is 20.4. The number of aryl methyl sites for hydroxylation is 1. The van der Waals surface area contributed by atoms with Crippen molar-refractivity contribution in [1.82, 2.24) is 0 Å². The Morgan fingerprint density at radius 3 is 2.22 bits per heavy atom. The van der Waals surface area contributed by atoms with Crippen LogP contribution in [0.15, 0.2) is 108 Å². The Morgan fingerprint density at radius 1 is 0.811 bits per heavy atom. The Kier molecular flexibility index (Phi) is 6.68. The number of carbonyl (C=O) groups excluding carboxylic acids is 2. The Balaban J connectivity index is 1.39. The minimum Gasteiger partial charge on any atom is -0.497 e. The molecule has 1 heterocycles. The molecule has 0 atom stereocenters.